The number of halogens is 1. The number of ether oxygens (including phenoxy) is 1. The highest BCUT2D eigenvalue weighted by atomic mass is 19.1. The minimum Gasteiger partial charge on any atom is -0.375 e. The number of nitrogens with one attached hydrogen (secondary N) is 1. The number of aromatic amines is 1. The summed E-state index contributed by atoms with van der Waals surface area (Å²) in [6.07, 6.45) is 5.05. The second kappa shape index (κ2) is 7.58. The van der Waals surface area contributed by atoms with Crippen molar-refractivity contribution in [2.24, 2.45) is 0 Å². The highest BCUT2D eigenvalue weighted by Crippen LogP contribution is 2.42. The number of carbonyl (C=O) groups excluding carboxylic acids is 1. The van der Waals surface area contributed by atoms with E-state index in [0.29, 0.717) is 38.4 Å². The average Bonchev–Trinajstić information content (AvgIpc) is 3.19. The lowest BCUT2D eigenvalue weighted by Gasteiger charge is -2.50. The van der Waals surface area contributed by atoms with Crippen molar-refractivity contribution in [3.05, 3.63) is 29.7 Å². The van der Waals surface area contributed by atoms with Gasteiger partial charge in [0.25, 0.3) is 0 Å². The smallest absolute Gasteiger partial charge is 0.249 e. The predicted octanol–water partition coefficient (Wildman–Crippen LogP) is 0.932. The molecule has 0 saturated carbocycles. The van der Waals surface area contributed by atoms with Gasteiger partial charge in [-0.25, -0.2) is 14.4 Å². The molecule has 0 radical (unpaired) electrons. The molecule has 2 aromatic heterocycles. The molecule has 1 N–H and O–H groups in total. The fourth-order valence-corrected chi connectivity index (χ4v) is 4.44. The number of aromatic nitrogens is 4. The van der Waals surface area contributed by atoms with Gasteiger partial charge < -0.3 is 24.4 Å². The summed E-state index contributed by atoms with van der Waals surface area (Å²) in [6.45, 7) is 1.97. The maximum absolute atomic E-state index is 14.0. The number of amides is 1. The molecule has 0 unspecified atom stereocenters. The fraction of sp³-hybridized carbons (Fsp3) is 0.579. The first-order valence-electron chi connectivity index (χ1n) is 9.73. The second-order valence-electron chi connectivity index (χ2n) is 7.71. The Bertz CT molecular complexity index is 892. The van der Waals surface area contributed by atoms with Crippen LogP contribution in [0.25, 0.3) is 0 Å². The first-order chi connectivity index (χ1) is 14.0. The van der Waals surface area contributed by atoms with Gasteiger partial charge in [0.1, 0.15) is 6.61 Å². The van der Waals surface area contributed by atoms with Gasteiger partial charge >= 0.3 is 0 Å². The lowest BCUT2D eigenvalue weighted by atomic mass is 9.78. The van der Waals surface area contributed by atoms with Crippen LogP contribution in [0.3, 0.4) is 0 Å². The molecule has 156 valence electrons. The lowest BCUT2D eigenvalue weighted by molar-refractivity contribution is -0.144. The summed E-state index contributed by atoms with van der Waals surface area (Å²) in [5.74, 6) is 0.289. The van der Waals surface area contributed by atoms with Crippen LogP contribution in [0.1, 0.15) is 24.2 Å². The van der Waals surface area contributed by atoms with Gasteiger partial charge in [-0.3, -0.25) is 4.79 Å². The molecule has 0 aromatic carbocycles. The summed E-state index contributed by atoms with van der Waals surface area (Å²) >= 11 is 0. The van der Waals surface area contributed by atoms with E-state index in [0.717, 1.165) is 17.8 Å². The van der Waals surface area contributed by atoms with Gasteiger partial charge in [0.15, 0.2) is 11.6 Å². The SMILES string of the molecule is COCC(=O)N1CCc2[nH]cnc2C12CCN(c1ncc(F)c(N(C)C)n1)CC2. The Morgan fingerprint density at radius 1 is 1.31 bits per heavy atom. The third-order valence-electron chi connectivity index (χ3n) is 5.84. The highest BCUT2D eigenvalue weighted by Gasteiger charge is 2.48. The zero-order chi connectivity index (χ0) is 20.6. The van der Waals surface area contributed by atoms with Crippen LogP contribution >= 0.6 is 0 Å². The molecule has 4 heterocycles. The summed E-state index contributed by atoms with van der Waals surface area (Å²) in [5.41, 5.74) is 1.57. The summed E-state index contributed by atoms with van der Waals surface area (Å²) in [7, 11) is 5.03. The normalized spacial score (nSPS) is 18.1. The molecule has 2 aliphatic rings. The van der Waals surface area contributed by atoms with Crippen molar-refractivity contribution >= 4 is 17.7 Å². The number of hydrogen-bond donors (Lipinski definition) is 1. The van der Waals surface area contributed by atoms with Crippen LogP contribution in [0.5, 0.6) is 0 Å². The molecule has 0 bridgehead atoms. The van der Waals surface area contributed by atoms with Crippen molar-refractivity contribution in [1.82, 2.24) is 24.8 Å². The average molecular weight is 403 g/mol. The van der Waals surface area contributed by atoms with Gasteiger partial charge in [-0.2, -0.15) is 4.98 Å². The summed E-state index contributed by atoms with van der Waals surface area (Å²) in [5, 5.41) is 0. The minimum atomic E-state index is -0.468. The minimum absolute atomic E-state index is 0.0254. The van der Waals surface area contributed by atoms with Crippen molar-refractivity contribution < 1.29 is 13.9 Å². The number of imidazole rings is 1. The Labute approximate surface area is 168 Å². The summed E-state index contributed by atoms with van der Waals surface area (Å²) in [6, 6.07) is 0. The standard InChI is InChI=1S/C19H26FN7O2/c1-25(2)17-13(20)10-21-18(24-17)26-8-5-19(6-9-26)16-14(22-12-23-16)4-7-27(19)15(28)11-29-3/h10,12H,4-9,11H2,1-3H3,(H,22,23). The Balaban J connectivity index is 1.61. The van der Waals surface area contributed by atoms with Gasteiger partial charge in [0.2, 0.25) is 11.9 Å². The summed E-state index contributed by atoms with van der Waals surface area (Å²) < 4.78 is 19.1. The number of methoxy groups -OCH3 is 1. The van der Waals surface area contributed by atoms with Crippen LogP contribution in [0.4, 0.5) is 16.2 Å². The number of piperidine rings is 1. The Kier molecular flexibility index (Phi) is 5.12. The van der Waals surface area contributed by atoms with E-state index in [1.165, 1.54) is 13.3 Å². The van der Waals surface area contributed by atoms with Crippen molar-refractivity contribution in [2.75, 3.05) is 57.2 Å². The molecule has 2 aromatic rings. The van der Waals surface area contributed by atoms with Gasteiger partial charge in [-0.15, -0.1) is 0 Å². The molecule has 1 amide bonds. The lowest BCUT2D eigenvalue weighted by Crippen LogP contribution is -2.59. The molecule has 1 fully saturated rings. The molecule has 10 heteroatoms. The van der Waals surface area contributed by atoms with E-state index in [9.17, 15) is 9.18 Å². The van der Waals surface area contributed by atoms with Crippen LogP contribution < -0.4 is 9.80 Å². The molecule has 0 aliphatic carbocycles. The largest absolute Gasteiger partial charge is 0.375 e. The van der Waals surface area contributed by atoms with Crippen molar-refractivity contribution in [1.29, 1.82) is 0 Å². The third kappa shape index (κ3) is 3.31. The van der Waals surface area contributed by atoms with Crippen LogP contribution in [-0.2, 0) is 21.5 Å². The van der Waals surface area contributed by atoms with Crippen LogP contribution in [0.15, 0.2) is 12.5 Å². The molecule has 29 heavy (non-hydrogen) atoms. The van der Waals surface area contributed by atoms with E-state index in [1.807, 2.05) is 9.80 Å². The van der Waals surface area contributed by atoms with E-state index in [1.54, 1.807) is 25.3 Å². The monoisotopic (exact) mass is 403 g/mol. The van der Waals surface area contributed by atoms with Gasteiger partial charge in [-0.1, -0.05) is 0 Å². The summed E-state index contributed by atoms with van der Waals surface area (Å²) in [4.78, 5) is 34.8. The molecular formula is C19H26FN7O2. The quantitative estimate of drug-likeness (QED) is 0.812. The molecule has 9 nitrogen and oxygen atoms in total. The maximum Gasteiger partial charge on any atom is 0.249 e. The Hall–Kier alpha value is -2.75. The number of anilines is 2. The molecule has 0 atom stereocenters. The number of rotatable bonds is 4. The molecule has 1 saturated heterocycles. The van der Waals surface area contributed by atoms with E-state index in [-0.39, 0.29) is 18.3 Å². The van der Waals surface area contributed by atoms with Crippen LogP contribution in [0, 0.1) is 5.82 Å². The van der Waals surface area contributed by atoms with Gasteiger partial charge in [-0.05, 0) is 12.8 Å². The predicted molar refractivity (Wildman–Crippen MR) is 105 cm³/mol. The van der Waals surface area contributed by atoms with Crippen LogP contribution in [-0.4, -0.2) is 78.2 Å². The van der Waals surface area contributed by atoms with Gasteiger partial charge in [0.05, 0.1) is 23.8 Å². The molecular weight excluding hydrogens is 377 g/mol. The van der Waals surface area contributed by atoms with E-state index >= 15 is 0 Å². The fourth-order valence-electron chi connectivity index (χ4n) is 4.44. The number of fused-ring (bicyclic) bond motifs is 2. The van der Waals surface area contributed by atoms with E-state index < -0.39 is 11.4 Å². The molecule has 2 aliphatic heterocycles. The molecule has 4 rings (SSSR count). The zero-order valence-electron chi connectivity index (χ0n) is 17.0. The highest BCUT2D eigenvalue weighted by molar-refractivity contribution is 5.79. The molecule has 1 spiro atoms. The van der Waals surface area contributed by atoms with Crippen molar-refractivity contribution in [2.45, 2.75) is 24.8 Å². The first kappa shape index (κ1) is 19.6. The second-order valence-corrected chi connectivity index (χ2v) is 7.71. The van der Waals surface area contributed by atoms with Gasteiger partial charge in [0, 0.05) is 53.0 Å². The zero-order valence-corrected chi connectivity index (χ0v) is 17.0. The van der Waals surface area contributed by atoms with E-state index in [4.69, 9.17) is 4.74 Å². The number of H-pyrrole nitrogens is 1. The van der Waals surface area contributed by atoms with Crippen LogP contribution in [0.2, 0.25) is 0 Å². The third-order valence-corrected chi connectivity index (χ3v) is 5.84. The van der Waals surface area contributed by atoms with Crippen molar-refractivity contribution in [3.8, 4) is 0 Å². The Morgan fingerprint density at radius 2 is 2.07 bits per heavy atom. The topological polar surface area (TPSA) is 90.5 Å². The number of carbonyl (C=O) groups is 1. The first-order valence-corrected chi connectivity index (χ1v) is 9.73. The maximum atomic E-state index is 14.0. The van der Waals surface area contributed by atoms with Crippen molar-refractivity contribution in [3.63, 3.8) is 0 Å². The Morgan fingerprint density at radius 3 is 2.76 bits per heavy atom. The van der Waals surface area contributed by atoms with E-state index in [2.05, 4.69) is 19.9 Å². The number of hydrogen-bond acceptors (Lipinski definition) is 7. The number of nitrogens with zero attached hydrogens (tertiary/aromatic N) is 6.